The first-order valence-corrected chi connectivity index (χ1v) is 9.58. The molecule has 0 radical (unpaired) electrons. The van der Waals surface area contributed by atoms with E-state index in [1.807, 2.05) is 12.1 Å². The van der Waals surface area contributed by atoms with Gasteiger partial charge in [-0.05, 0) is 49.6 Å². The van der Waals surface area contributed by atoms with Crippen LogP contribution in [-0.2, 0) is 22.6 Å². The van der Waals surface area contributed by atoms with Gasteiger partial charge in [-0.3, -0.25) is 9.59 Å². The normalized spacial score (nSPS) is 18.1. The smallest absolute Gasteiger partial charge is 0.313 e. The second-order valence-corrected chi connectivity index (χ2v) is 7.71. The number of carbonyl (C=O) groups is 2. The van der Waals surface area contributed by atoms with Gasteiger partial charge in [0.25, 0.3) is 0 Å². The number of nitrogens with zero attached hydrogens (tertiary/aromatic N) is 2. The van der Waals surface area contributed by atoms with Gasteiger partial charge in [-0.25, -0.2) is 0 Å². The molecule has 3 rings (SSSR count). The van der Waals surface area contributed by atoms with Crippen molar-refractivity contribution in [1.82, 2.24) is 9.80 Å². The van der Waals surface area contributed by atoms with Gasteiger partial charge in [0.2, 0.25) is 5.91 Å². The van der Waals surface area contributed by atoms with Gasteiger partial charge in [0.05, 0.1) is 0 Å². The van der Waals surface area contributed by atoms with E-state index in [0.29, 0.717) is 44.6 Å². The van der Waals surface area contributed by atoms with Gasteiger partial charge in [0, 0.05) is 39.1 Å². The van der Waals surface area contributed by atoms with Gasteiger partial charge in [0.15, 0.2) is 0 Å². The predicted octanol–water partition coefficient (Wildman–Crippen LogP) is 1.94. The molecule has 164 valence electrons. The van der Waals surface area contributed by atoms with Crippen molar-refractivity contribution in [3.8, 4) is 5.75 Å². The molecule has 2 heterocycles. The van der Waals surface area contributed by atoms with Crippen LogP contribution in [0.15, 0.2) is 18.2 Å². The van der Waals surface area contributed by atoms with Crippen LogP contribution < -0.4 is 10.5 Å². The van der Waals surface area contributed by atoms with Crippen molar-refractivity contribution in [2.45, 2.75) is 32.2 Å². The summed E-state index contributed by atoms with van der Waals surface area (Å²) in [5.41, 5.74) is 7.07. The van der Waals surface area contributed by atoms with E-state index in [9.17, 15) is 14.7 Å². The van der Waals surface area contributed by atoms with Gasteiger partial charge < -0.3 is 25.4 Å². The van der Waals surface area contributed by atoms with Gasteiger partial charge >= 0.3 is 5.97 Å². The fraction of sp³-hybridized carbons (Fsp3) is 0.600. The summed E-state index contributed by atoms with van der Waals surface area (Å²) in [5, 5.41) is 9.81. The Morgan fingerprint density at radius 3 is 2.48 bits per heavy atom. The highest BCUT2D eigenvalue weighted by Crippen LogP contribution is 2.33. The molecule has 1 aromatic rings. The lowest BCUT2D eigenvalue weighted by Gasteiger charge is -2.38. The molecule has 1 saturated heterocycles. The van der Waals surface area contributed by atoms with Crippen LogP contribution in [0, 0.1) is 5.41 Å². The molecular weight excluding hydrogens is 417 g/mol. The Hall–Kier alpha value is -1.54. The molecule has 3 N–H and O–H groups in total. The van der Waals surface area contributed by atoms with Gasteiger partial charge in [-0.2, -0.15) is 0 Å². The van der Waals surface area contributed by atoms with Gasteiger partial charge in [0.1, 0.15) is 17.8 Å². The number of halogens is 2. The summed E-state index contributed by atoms with van der Waals surface area (Å²) in [4.78, 5) is 27.9. The fourth-order valence-electron chi connectivity index (χ4n) is 3.87. The monoisotopic (exact) mass is 447 g/mol. The highest BCUT2D eigenvalue weighted by molar-refractivity contribution is 5.85. The topological polar surface area (TPSA) is 96.1 Å². The van der Waals surface area contributed by atoms with E-state index in [1.54, 1.807) is 4.90 Å². The Morgan fingerprint density at radius 1 is 1.17 bits per heavy atom. The number of rotatable bonds is 6. The molecule has 9 heteroatoms. The first-order valence-electron chi connectivity index (χ1n) is 9.58. The maximum Gasteiger partial charge on any atom is 0.313 e. The quantitative estimate of drug-likeness (QED) is 0.691. The largest absolute Gasteiger partial charge is 0.492 e. The molecule has 0 aliphatic carbocycles. The standard InChI is InChI=1S/C20H29N3O4.2ClH/c1-22-9-5-15-2-3-17(12-16(15)13-22)27-14-20(19(25)26)6-10-23(11-7-20)18(24)4-8-21;;/h2-3,12H,4-11,13-14,21H2,1H3,(H,25,26);2*1H. The number of benzene rings is 1. The summed E-state index contributed by atoms with van der Waals surface area (Å²) < 4.78 is 5.93. The maximum atomic E-state index is 12.0. The van der Waals surface area contributed by atoms with Crippen molar-refractivity contribution < 1.29 is 19.4 Å². The number of likely N-dealkylation sites (tertiary alicyclic amines) is 1. The van der Waals surface area contributed by atoms with E-state index >= 15 is 0 Å². The molecule has 0 atom stereocenters. The molecule has 1 fully saturated rings. The van der Waals surface area contributed by atoms with E-state index in [-0.39, 0.29) is 37.3 Å². The zero-order valence-corrected chi connectivity index (χ0v) is 18.4. The number of amides is 1. The number of carboxylic acids is 1. The Morgan fingerprint density at radius 2 is 1.86 bits per heavy atom. The van der Waals surface area contributed by atoms with Crippen LogP contribution in [0.2, 0.25) is 0 Å². The minimum absolute atomic E-state index is 0. The van der Waals surface area contributed by atoms with Crippen LogP contribution >= 0.6 is 24.8 Å². The van der Waals surface area contributed by atoms with Crippen LogP contribution in [0.4, 0.5) is 0 Å². The molecule has 29 heavy (non-hydrogen) atoms. The average Bonchev–Trinajstić information content (AvgIpc) is 2.66. The zero-order valence-electron chi connectivity index (χ0n) is 16.8. The first-order chi connectivity index (χ1) is 12.9. The minimum Gasteiger partial charge on any atom is -0.492 e. The van der Waals surface area contributed by atoms with Gasteiger partial charge in [-0.15, -0.1) is 24.8 Å². The number of piperidine rings is 1. The van der Waals surface area contributed by atoms with Crippen molar-refractivity contribution >= 4 is 36.7 Å². The second-order valence-electron chi connectivity index (χ2n) is 7.71. The number of nitrogens with two attached hydrogens (primary N) is 1. The molecule has 0 saturated carbocycles. The number of carbonyl (C=O) groups excluding carboxylic acids is 1. The molecule has 0 unspecified atom stereocenters. The van der Waals surface area contributed by atoms with E-state index < -0.39 is 11.4 Å². The van der Waals surface area contributed by atoms with Crippen molar-refractivity contribution in [2.75, 3.05) is 39.8 Å². The lowest BCUT2D eigenvalue weighted by molar-refractivity contribution is -0.156. The predicted molar refractivity (Wildman–Crippen MR) is 116 cm³/mol. The molecule has 2 aliphatic rings. The van der Waals surface area contributed by atoms with Crippen molar-refractivity contribution in [1.29, 1.82) is 0 Å². The SMILES string of the molecule is CN1CCc2ccc(OCC3(C(=O)O)CCN(C(=O)CCN)CC3)cc2C1.Cl.Cl. The summed E-state index contributed by atoms with van der Waals surface area (Å²) in [5.74, 6) is -0.145. The highest BCUT2D eigenvalue weighted by Gasteiger charge is 2.43. The van der Waals surface area contributed by atoms with E-state index in [1.165, 1.54) is 11.1 Å². The molecule has 0 spiro atoms. The number of fused-ring (bicyclic) bond motifs is 1. The summed E-state index contributed by atoms with van der Waals surface area (Å²) in [6, 6.07) is 6.04. The van der Waals surface area contributed by atoms with Crippen LogP contribution in [0.25, 0.3) is 0 Å². The van der Waals surface area contributed by atoms with E-state index in [0.717, 1.165) is 19.5 Å². The molecule has 1 amide bonds. The zero-order chi connectivity index (χ0) is 19.4. The van der Waals surface area contributed by atoms with Crippen LogP contribution in [0.3, 0.4) is 0 Å². The summed E-state index contributed by atoms with van der Waals surface area (Å²) in [6.45, 7) is 3.24. The second kappa shape index (κ2) is 11.0. The van der Waals surface area contributed by atoms with Crippen LogP contribution in [-0.4, -0.2) is 66.6 Å². The van der Waals surface area contributed by atoms with Crippen LogP contribution in [0.5, 0.6) is 5.75 Å². The van der Waals surface area contributed by atoms with Crippen molar-refractivity contribution in [2.24, 2.45) is 11.1 Å². The molecule has 7 nitrogen and oxygen atoms in total. The Kier molecular flexibility index (Phi) is 9.68. The molecule has 2 aliphatic heterocycles. The summed E-state index contributed by atoms with van der Waals surface area (Å²) >= 11 is 0. The van der Waals surface area contributed by atoms with Crippen molar-refractivity contribution in [3.63, 3.8) is 0 Å². The Bertz CT molecular complexity index is 709. The molecule has 0 bridgehead atoms. The molecular formula is C20H31Cl2N3O4. The van der Waals surface area contributed by atoms with E-state index in [2.05, 4.69) is 18.0 Å². The lowest BCUT2D eigenvalue weighted by atomic mass is 9.79. The van der Waals surface area contributed by atoms with Gasteiger partial charge in [-0.1, -0.05) is 6.07 Å². The van der Waals surface area contributed by atoms with Crippen LogP contribution in [0.1, 0.15) is 30.4 Å². The Labute approximate surface area is 184 Å². The number of aliphatic carboxylic acids is 1. The third kappa shape index (κ3) is 5.98. The lowest BCUT2D eigenvalue weighted by Crippen LogP contribution is -2.49. The minimum atomic E-state index is -0.952. The summed E-state index contributed by atoms with van der Waals surface area (Å²) in [6.07, 6.45) is 2.12. The number of carboxylic acid groups (broad SMARTS) is 1. The summed E-state index contributed by atoms with van der Waals surface area (Å²) in [7, 11) is 2.09. The van der Waals surface area contributed by atoms with E-state index in [4.69, 9.17) is 10.5 Å². The van der Waals surface area contributed by atoms with Crippen molar-refractivity contribution in [3.05, 3.63) is 29.3 Å². The third-order valence-electron chi connectivity index (χ3n) is 5.78. The molecule has 0 aromatic heterocycles. The number of ether oxygens (including phenoxy) is 1. The Balaban J connectivity index is 0.00000210. The third-order valence-corrected chi connectivity index (χ3v) is 5.78. The molecule has 1 aromatic carbocycles. The average molecular weight is 448 g/mol. The maximum absolute atomic E-state index is 12.0. The highest BCUT2D eigenvalue weighted by atomic mass is 35.5. The number of likely N-dealkylation sites (N-methyl/N-ethyl adjacent to an activating group) is 1. The number of hydrogen-bond donors (Lipinski definition) is 2. The number of hydrogen-bond acceptors (Lipinski definition) is 5. The first kappa shape index (κ1) is 25.5. The fourth-order valence-corrected chi connectivity index (χ4v) is 3.87.